The summed E-state index contributed by atoms with van der Waals surface area (Å²) in [4.78, 5) is 30.7. The highest BCUT2D eigenvalue weighted by molar-refractivity contribution is 5.88. The van der Waals surface area contributed by atoms with Gasteiger partial charge < -0.3 is 19.5 Å². The first kappa shape index (κ1) is 18.4. The molecule has 1 saturated heterocycles. The van der Waals surface area contributed by atoms with Gasteiger partial charge in [0.1, 0.15) is 12.4 Å². The van der Waals surface area contributed by atoms with Gasteiger partial charge in [0.15, 0.2) is 0 Å². The van der Waals surface area contributed by atoms with Crippen LogP contribution in [0.15, 0.2) is 42.7 Å². The van der Waals surface area contributed by atoms with Crippen LogP contribution in [-0.2, 0) is 16.1 Å². The molecule has 0 spiro atoms. The van der Waals surface area contributed by atoms with E-state index in [4.69, 9.17) is 9.47 Å². The van der Waals surface area contributed by atoms with E-state index in [0.717, 1.165) is 11.1 Å². The minimum absolute atomic E-state index is 0.0761. The highest BCUT2D eigenvalue weighted by Crippen LogP contribution is 2.34. The first-order valence-corrected chi connectivity index (χ1v) is 9.40. The van der Waals surface area contributed by atoms with Crippen molar-refractivity contribution in [1.29, 1.82) is 0 Å². The predicted molar refractivity (Wildman–Crippen MR) is 100.0 cm³/mol. The summed E-state index contributed by atoms with van der Waals surface area (Å²) in [6.45, 7) is 1.80. The second kappa shape index (κ2) is 7.98. The molecule has 4 rings (SSSR count). The third kappa shape index (κ3) is 3.71. The number of carbonyl (C=O) groups excluding carboxylic acids is 1. The van der Waals surface area contributed by atoms with Crippen LogP contribution in [0.4, 0.5) is 0 Å². The summed E-state index contributed by atoms with van der Waals surface area (Å²) in [7, 11) is 0. The number of pyridine rings is 1. The Kier molecular flexibility index (Phi) is 5.25. The van der Waals surface area contributed by atoms with Crippen molar-refractivity contribution in [2.75, 3.05) is 19.8 Å². The Morgan fingerprint density at radius 2 is 2.00 bits per heavy atom. The number of rotatable bonds is 3. The van der Waals surface area contributed by atoms with Crippen molar-refractivity contribution >= 4 is 11.9 Å². The van der Waals surface area contributed by atoms with E-state index in [-0.39, 0.29) is 30.0 Å². The number of carboxylic acid groups (broad SMARTS) is 1. The fourth-order valence-corrected chi connectivity index (χ4v) is 3.76. The minimum Gasteiger partial charge on any atom is -0.491 e. The first-order valence-electron chi connectivity index (χ1n) is 9.40. The molecule has 2 aromatic rings. The van der Waals surface area contributed by atoms with Gasteiger partial charge in [-0.3, -0.25) is 9.78 Å². The molecule has 0 radical (unpaired) electrons. The molecule has 7 heteroatoms. The summed E-state index contributed by atoms with van der Waals surface area (Å²) < 4.78 is 11.4. The lowest BCUT2D eigenvalue weighted by atomic mass is 9.96. The third-order valence-electron chi connectivity index (χ3n) is 5.35. The van der Waals surface area contributed by atoms with Crippen molar-refractivity contribution in [1.82, 2.24) is 9.88 Å². The summed E-state index contributed by atoms with van der Waals surface area (Å²) >= 11 is 0. The Morgan fingerprint density at radius 3 is 2.71 bits per heavy atom. The topological polar surface area (TPSA) is 89.0 Å². The fraction of sp³-hybridized carbons (Fsp3) is 0.381. The number of carbonyl (C=O) groups is 2. The molecular formula is C21H22N2O5. The van der Waals surface area contributed by atoms with E-state index >= 15 is 0 Å². The molecule has 7 nitrogen and oxygen atoms in total. The number of carboxylic acids is 1. The molecule has 2 aliphatic heterocycles. The molecular weight excluding hydrogens is 360 g/mol. The van der Waals surface area contributed by atoms with Gasteiger partial charge in [0.2, 0.25) is 5.91 Å². The number of fused-ring (bicyclic) bond motifs is 1. The maximum atomic E-state index is 13.4. The maximum absolute atomic E-state index is 13.4. The van der Waals surface area contributed by atoms with Crippen molar-refractivity contribution in [3.05, 3.63) is 59.4 Å². The number of amides is 1. The van der Waals surface area contributed by atoms with E-state index in [1.807, 2.05) is 17.0 Å². The van der Waals surface area contributed by atoms with E-state index in [0.29, 0.717) is 38.3 Å². The van der Waals surface area contributed by atoms with Crippen molar-refractivity contribution in [2.24, 2.45) is 5.92 Å². The molecule has 28 heavy (non-hydrogen) atoms. The maximum Gasteiger partial charge on any atom is 0.335 e. The predicted octanol–water partition coefficient (Wildman–Crippen LogP) is 2.67. The minimum atomic E-state index is -1.01. The van der Waals surface area contributed by atoms with Gasteiger partial charge in [-0.15, -0.1) is 0 Å². The Labute approximate surface area is 162 Å². The molecule has 1 atom stereocenters. The quantitative estimate of drug-likeness (QED) is 0.878. The van der Waals surface area contributed by atoms with Crippen LogP contribution in [0.2, 0.25) is 0 Å². The number of aromatic carboxylic acids is 1. The molecule has 146 valence electrons. The largest absolute Gasteiger partial charge is 0.491 e. The van der Waals surface area contributed by atoms with Gasteiger partial charge in [0, 0.05) is 37.1 Å². The average Bonchev–Trinajstić information content (AvgIpc) is 2.93. The van der Waals surface area contributed by atoms with E-state index in [2.05, 4.69) is 4.98 Å². The van der Waals surface area contributed by atoms with Crippen LogP contribution in [0, 0.1) is 5.92 Å². The number of ether oxygens (including phenoxy) is 2. The zero-order valence-corrected chi connectivity index (χ0v) is 15.4. The molecule has 2 aliphatic rings. The van der Waals surface area contributed by atoms with Crippen LogP contribution in [0.5, 0.6) is 5.75 Å². The zero-order chi connectivity index (χ0) is 19.5. The van der Waals surface area contributed by atoms with E-state index in [9.17, 15) is 14.7 Å². The summed E-state index contributed by atoms with van der Waals surface area (Å²) in [5.74, 6) is -0.491. The molecule has 3 heterocycles. The second-order valence-electron chi connectivity index (χ2n) is 7.09. The Morgan fingerprint density at radius 1 is 1.18 bits per heavy atom. The highest BCUT2D eigenvalue weighted by Gasteiger charge is 2.34. The average molecular weight is 382 g/mol. The lowest BCUT2D eigenvalue weighted by molar-refractivity contribution is -0.142. The van der Waals surface area contributed by atoms with Crippen molar-refractivity contribution < 1.29 is 24.2 Å². The molecule has 0 aliphatic carbocycles. The molecule has 0 saturated carbocycles. The van der Waals surface area contributed by atoms with Gasteiger partial charge in [-0.1, -0.05) is 12.1 Å². The number of benzene rings is 1. The van der Waals surface area contributed by atoms with Gasteiger partial charge in [0.05, 0.1) is 18.2 Å². The normalized spacial score (nSPS) is 20.0. The van der Waals surface area contributed by atoms with Crippen LogP contribution in [0.1, 0.15) is 40.4 Å². The van der Waals surface area contributed by atoms with E-state index < -0.39 is 5.97 Å². The lowest BCUT2D eigenvalue weighted by Gasteiger charge is -2.33. The summed E-state index contributed by atoms with van der Waals surface area (Å²) in [5.41, 5.74) is 1.87. The molecule has 0 unspecified atom stereocenters. The van der Waals surface area contributed by atoms with Crippen LogP contribution in [0.25, 0.3) is 0 Å². The highest BCUT2D eigenvalue weighted by atomic mass is 16.5. The van der Waals surface area contributed by atoms with Crippen LogP contribution < -0.4 is 4.74 Å². The fourth-order valence-electron chi connectivity index (χ4n) is 3.76. The van der Waals surface area contributed by atoms with E-state index in [1.54, 1.807) is 24.5 Å². The molecule has 1 amide bonds. The van der Waals surface area contributed by atoms with E-state index in [1.165, 1.54) is 6.07 Å². The number of aromatic nitrogens is 1. The Hall–Kier alpha value is -2.93. The van der Waals surface area contributed by atoms with Crippen LogP contribution in [0.3, 0.4) is 0 Å². The summed E-state index contributed by atoms with van der Waals surface area (Å²) in [6, 6.07) is 8.29. The number of nitrogens with zero attached hydrogens (tertiary/aromatic N) is 2. The molecule has 1 N–H and O–H groups in total. The first-order chi connectivity index (χ1) is 13.6. The Balaban J connectivity index is 1.69. The Bertz CT molecular complexity index is 864. The summed E-state index contributed by atoms with van der Waals surface area (Å²) in [5, 5.41) is 9.26. The van der Waals surface area contributed by atoms with Gasteiger partial charge in [-0.05, 0) is 36.6 Å². The standard InChI is InChI=1S/C21H22N2O5/c24-20(14-5-8-27-9-6-14)23-12-17-4-3-15(21(25)26)10-19(17)28-13-18(23)16-2-1-7-22-11-16/h1-4,7,10-11,14,18H,5-6,8-9,12-13H2,(H,25,26)/t18-/m0/s1. The van der Waals surface area contributed by atoms with Crippen molar-refractivity contribution in [2.45, 2.75) is 25.4 Å². The monoisotopic (exact) mass is 382 g/mol. The molecule has 0 bridgehead atoms. The second-order valence-corrected chi connectivity index (χ2v) is 7.09. The number of hydrogen-bond donors (Lipinski definition) is 1. The van der Waals surface area contributed by atoms with Gasteiger partial charge in [-0.25, -0.2) is 4.79 Å². The van der Waals surface area contributed by atoms with Crippen LogP contribution >= 0.6 is 0 Å². The van der Waals surface area contributed by atoms with Crippen molar-refractivity contribution in [3.63, 3.8) is 0 Å². The lowest BCUT2D eigenvalue weighted by Crippen LogP contribution is -2.41. The van der Waals surface area contributed by atoms with Gasteiger partial charge in [-0.2, -0.15) is 0 Å². The summed E-state index contributed by atoms with van der Waals surface area (Å²) in [6.07, 6.45) is 4.86. The smallest absolute Gasteiger partial charge is 0.335 e. The zero-order valence-electron chi connectivity index (χ0n) is 15.4. The van der Waals surface area contributed by atoms with Crippen LogP contribution in [-0.4, -0.2) is 46.7 Å². The molecule has 1 aromatic carbocycles. The van der Waals surface area contributed by atoms with Gasteiger partial charge in [0.25, 0.3) is 0 Å². The molecule has 1 fully saturated rings. The molecule has 1 aromatic heterocycles. The SMILES string of the molecule is O=C(O)c1ccc2c(c1)OC[C@@H](c1cccnc1)N(C(=O)C1CCOCC1)C2. The number of hydrogen-bond acceptors (Lipinski definition) is 5. The van der Waals surface area contributed by atoms with Crippen molar-refractivity contribution in [3.8, 4) is 5.75 Å². The third-order valence-corrected chi connectivity index (χ3v) is 5.35. The van der Waals surface area contributed by atoms with Gasteiger partial charge >= 0.3 is 5.97 Å².